The average Bonchev–Trinajstić information content (AvgIpc) is 2.91. The summed E-state index contributed by atoms with van der Waals surface area (Å²) in [6, 6.07) is 12.5. The number of ether oxygens (including phenoxy) is 1. The topological polar surface area (TPSA) is 29.5 Å². The van der Waals surface area contributed by atoms with Gasteiger partial charge in [0.05, 0.1) is 12.1 Å². The molecule has 0 N–H and O–H groups in total. The maximum Gasteiger partial charge on any atom is 0.254 e. The summed E-state index contributed by atoms with van der Waals surface area (Å²) in [5, 5.41) is 0.451. The molecule has 0 saturated carbocycles. The summed E-state index contributed by atoms with van der Waals surface area (Å²) in [5.74, 6) is 0.790. The van der Waals surface area contributed by atoms with Gasteiger partial charge >= 0.3 is 0 Å². The predicted octanol–water partition coefficient (Wildman–Crippen LogP) is 5.04. The molecule has 0 aliphatic carbocycles. The largest absolute Gasteiger partial charge is 0.495 e. The van der Waals surface area contributed by atoms with E-state index < -0.39 is 0 Å². The number of carbonyl (C=O) groups is 1. The Morgan fingerprint density at radius 2 is 1.77 bits per heavy atom. The normalized spacial score (nSPS) is 24.6. The molecule has 2 saturated heterocycles. The van der Waals surface area contributed by atoms with Gasteiger partial charge in [0.15, 0.2) is 0 Å². The van der Waals surface area contributed by atoms with Crippen LogP contribution in [0.5, 0.6) is 5.75 Å². The molecule has 3 nitrogen and oxygen atoms in total. The second-order valence-corrected chi connectivity index (χ2v) is 7.57. The Morgan fingerprint density at radius 1 is 1.12 bits per heavy atom. The number of piperidine rings is 1. The van der Waals surface area contributed by atoms with Gasteiger partial charge in [0.2, 0.25) is 0 Å². The molecular weight excluding hydrogens is 353 g/mol. The van der Waals surface area contributed by atoms with E-state index in [1.54, 1.807) is 25.3 Å². The Morgan fingerprint density at radius 3 is 2.35 bits per heavy atom. The van der Waals surface area contributed by atoms with Crippen molar-refractivity contribution in [1.29, 1.82) is 0 Å². The maximum absolute atomic E-state index is 13.2. The molecule has 136 valence electrons. The van der Waals surface area contributed by atoms with Crippen LogP contribution in [0.25, 0.3) is 0 Å². The minimum atomic E-state index is -0.208. The number of benzene rings is 2. The summed E-state index contributed by atoms with van der Waals surface area (Å²) in [7, 11) is 1.56. The van der Waals surface area contributed by atoms with E-state index in [1.807, 2.05) is 17.0 Å². The first-order valence-electron chi connectivity index (χ1n) is 8.98. The van der Waals surface area contributed by atoms with Crippen LogP contribution in [0.2, 0.25) is 5.02 Å². The molecule has 2 aromatic rings. The standard InChI is InChI=1S/C21H21ClFNO2/c1-26-20-9-4-14(12-19(20)22)21(25)24-17-7-8-18(24)11-15(10-17)13-2-5-16(23)6-3-13/h2-6,9,12,15,17-18H,7-8,10-11H2,1H3/t15?,17-,18+. The van der Waals surface area contributed by atoms with E-state index in [-0.39, 0.29) is 23.8 Å². The van der Waals surface area contributed by atoms with Gasteiger partial charge in [-0.1, -0.05) is 23.7 Å². The summed E-state index contributed by atoms with van der Waals surface area (Å²) in [6.45, 7) is 0. The molecule has 5 heteroatoms. The summed E-state index contributed by atoms with van der Waals surface area (Å²) >= 11 is 6.19. The fourth-order valence-electron chi connectivity index (χ4n) is 4.46. The van der Waals surface area contributed by atoms with Gasteiger partial charge in [0.25, 0.3) is 5.91 Å². The summed E-state index contributed by atoms with van der Waals surface area (Å²) < 4.78 is 18.4. The third-order valence-electron chi connectivity index (χ3n) is 5.71. The average molecular weight is 374 g/mol. The lowest BCUT2D eigenvalue weighted by Crippen LogP contribution is -2.46. The van der Waals surface area contributed by atoms with Crippen molar-refractivity contribution in [1.82, 2.24) is 4.90 Å². The number of nitrogens with zero attached hydrogens (tertiary/aromatic N) is 1. The highest BCUT2D eigenvalue weighted by molar-refractivity contribution is 6.32. The predicted molar refractivity (Wildman–Crippen MR) is 99.4 cm³/mol. The number of methoxy groups -OCH3 is 1. The minimum Gasteiger partial charge on any atom is -0.495 e. The molecule has 2 aromatic carbocycles. The fourth-order valence-corrected chi connectivity index (χ4v) is 4.72. The second kappa shape index (κ2) is 6.92. The molecule has 1 unspecified atom stereocenters. The number of carbonyl (C=O) groups excluding carboxylic acids is 1. The molecule has 0 spiro atoms. The molecule has 2 heterocycles. The van der Waals surface area contributed by atoms with Crippen LogP contribution in [0.4, 0.5) is 4.39 Å². The number of fused-ring (bicyclic) bond motifs is 2. The van der Waals surface area contributed by atoms with Crippen molar-refractivity contribution in [3.63, 3.8) is 0 Å². The lowest BCUT2D eigenvalue weighted by Gasteiger charge is -2.39. The Balaban J connectivity index is 1.53. The van der Waals surface area contributed by atoms with Crippen LogP contribution in [0.15, 0.2) is 42.5 Å². The molecule has 2 fully saturated rings. The van der Waals surface area contributed by atoms with E-state index in [2.05, 4.69) is 0 Å². The zero-order valence-corrected chi connectivity index (χ0v) is 15.4. The Labute approximate surface area is 157 Å². The van der Waals surface area contributed by atoms with Crippen LogP contribution in [0.1, 0.15) is 47.5 Å². The van der Waals surface area contributed by atoms with E-state index >= 15 is 0 Å². The molecule has 1 amide bonds. The number of rotatable bonds is 3. The summed E-state index contributed by atoms with van der Waals surface area (Å²) in [4.78, 5) is 15.1. The Bertz CT molecular complexity index is 809. The van der Waals surface area contributed by atoms with Gasteiger partial charge < -0.3 is 9.64 Å². The van der Waals surface area contributed by atoms with E-state index in [0.717, 1.165) is 25.7 Å². The third-order valence-corrected chi connectivity index (χ3v) is 6.00. The minimum absolute atomic E-state index is 0.0413. The third kappa shape index (κ3) is 3.07. The summed E-state index contributed by atoms with van der Waals surface area (Å²) in [5.41, 5.74) is 1.77. The number of hydrogen-bond acceptors (Lipinski definition) is 2. The summed E-state index contributed by atoms with van der Waals surface area (Å²) in [6.07, 6.45) is 3.91. The molecule has 2 aliphatic heterocycles. The van der Waals surface area contributed by atoms with Crippen LogP contribution in [0, 0.1) is 5.82 Å². The van der Waals surface area contributed by atoms with Crippen molar-refractivity contribution in [2.24, 2.45) is 0 Å². The molecular formula is C21H21ClFNO2. The quantitative estimate of drug-likeness (QED) is 0.754. The van der Waals surface area contributed by atoms with Crippen molar-refractivity contribution < 1.29 is 13.9 Å². The maximum atomic E-state index is 13.2. The SMILES string of the molecule is COc1ccc(C(=O)N2[C@@H]3CC[C@H]2CC(c2ccc(F)cc2)C3)cc1Cl. The highest BCUT2D eigenvalue weighted by atomic mass is 35.5. The van der Waals surface area contributed by atoms with Gasteiger partial charge in [-0.2, -0.15) is 0 Å². The first-order chi connectivity index (χ1) is 12.6. The van der Waals surface area contributed by atoms with Gasteiger partial charge in [0, 0.05) is 17.6 Å². The van der Waals surface area contributed by atoms with E-state index in [1.165, 1.54) is 17.7 Å². The molecule has 0 aromatic heterocycles. The van der Waals surface area contributed by atoms with Crippen molar-refractivity contribution in [2.45, 2.75) is 43.7 Å². The monoisotopic (exact) mass is 373 g/mol. The zero-order valence-electron chi connectivity index (χ0n) is 14.6. The van der Waals surface area contributed by atoms with Crippen LogP contribution in [0.3, 0.4) is 0 Å². The highest BCUT2D eigenvalue weighted by Crippen LogP contribution is 2.44. The van der Waals surface area contributed by atoms with Crippen molar-refractivity contribution in [3.8, 4) is 5.75 Å². The zero-order chi connectivity index (χ0) is 18.3. The van der Waals surface area contributed by atoms with Gasteiger partial charge in [-0.05, 0) is 67.5 Å². The molecule has 2 bridgehead atoms. The Hall–Kier alpha value is -2.07. The lowest BCUT2D eigenvalue weighted by molar-refractivity contribution is 0.0571. The lowest BCUT2D eigenvalue weighted by atomic mass is 9.85. The molecule has 0 radical (unpaired) electrons. The smallest absolute Gasteiger partial charge is 0.254 e. The highest BCUT2D eigenvalue weighted by Gasteiger charge is 2.43. The van der Waals surface area contributed by atoms with Gasteiger partial charge in [-0.15, -0.1) is 0 Å². The molecule has 4 rings (SSSR count). The number of halogens is 2. The second-order valence-electron chi connectivity index (χ2n) is 7.17. The number of amides is 1. The van der Waals surface area contributed by atoms with Gasteiger partial charge in [0.1, 0.15) is 11.6 Å². The fraction of sp³-hybridized carbons (Fsp3) is 0.381. The number of hydrogen-bond donors (Lipinski definition) is 0. The van der Waals surface area contributed by atoms with Gasteiger partial charge in [-0.3, -0.25) is 4.79 Å². The van der Waals surface area contributed by atoms with Gasteiger partial charge in [-0.25, -0.2) is 4.39 Å². The Kier molecular flexibility index (Phi) is 4.62. The van der Waals surface area contributed by atoms with Crippen molar-refractivity contribution in [3.05, 3.63) is 64.4 Å². The van der Waals surface area contributed by atoms with Crippen LogP contribution in [-0.2, 0) is 0 Å². The van der Waals surface area contributed by atoms with Crippen molar-refractivity contribution in [2.75, 3.05) is 7.11 Å². The van der Waals surface area contributed by atoms with Crippen LogP contribution < -0.4 is 4.74 Å². The van der Waals surface area contributed by atoms with Crippen LogP contribution >= 0.6 is 11.6 Å². The van der Waals surface area contributed by atoms with E-state index in [0.29, 0.717) is 22.3 Å². The van der Waals surface area contributed by atoms with E-state index in [4.69, 9.17) is 16.3 Å². The first kappa shape index (κ1) is 17.3. The van der Waals surface area contributed by atoms with Crippen LogP contribution in [-0.4, -0.2) is 30.0 Å². The van der Waals surface area contributed by atoms with Crippen molar-refractivity contribution >= 4 is 17.5 Å². The molecule has 26 heavy (non-hydrogen) atoms. The van der Waals surface area contributed by atoms with E-state index in [9.17, 15) is 9.18 Å². The molecule has 2 aliphatic rings. The first-order valence-corrected chi connectivity index (χ1v) is 9.36. The molecule has 3 atom stereocenters.